The van der Waals surface area contributed by atoms with Crippen LogP contribution in [-0.2, 0) is 17.6 Å². The van der Waals surface area contributed by atoms with E-state index in [4.69, 9.17) is 4.98 Å². The minimum absolute atomic E-state index is 0.243. The van der Waals surface area contributed by atoms with Gasteiger partial charge in [-0.05, 0) is 55.5 Å². The average Bonchev–Trinajstić information content (AvgIpc) is 3.22. The molecule has 130 valence electrons. The van der Waals surface area contributed by atoms with Crippen LogP contribution in [0.25, 0.3) is 21.8 Å². The van der Waals surface area contributed by atoms with Gasteiger partial charge in [0.1, 0.15) is 5.01 Å². The first-order valence-corrected chi connectivity index (χ1v) is 9.98. The molecule has 0 aliphatic carbocycles. The molecule has 0 saturated heterocycles. The number of amides is 1. The highest BCUT2D eigenvalue weighted by molar-refractivity contribution is 7.13. The van der Waals surface area contributed by atoms with Crippen molar-refractivity contribution in [3.05, 3.63) is 58.0 Å². The van der Waals surface area contributed by atoms with E-state index in [9.17, 15) is 4.79 Å². The molecule has 1 aromatic heterocycles. The smallest absolute Gasteiger partial charge is 0.231 e. The number of thiazole rings is 1. The van der Waals surface area contributed by atoms with Crippen LogP contribution in [0, 0.1) is 13.8 Å². The lowest BCUT2D eigenvalue weighted by atomic mass is 9.96. The normalized spacial score (nSPS) is 15.5. The van der Waals surface area contributed by atoms with Gasteiger partial charge in [-0.25, -0.2) is 4.98 Å². The van der Waals surface area contributed by atoms with Crippen molar-refractivity contribution in [1.82, 2.24) is 4.98 Å². The van der Waals surface area contributed by atoms with Gasteiger partial charge in [0.2, 0.25) is 5.91 Å². The molecule has 0 saturated carbocycles. The maximum Gasteiger partial charge on any atom is 0.231 e. The summed E-state index contributed by atoms with van der Waals surface area (Å²) in [5.74, 6) is 0.243. The third-order valence-corrected chi connectivity index (χ3v) is 6.30. The minimum atomic E-state index is 0.243. The average molecular weight is 360 g/mol. The summed E-state index contributed by atoms with van der Waals surface area (Å²) >= 11 is 1.69. The Labute approximate surface area is 157 Å². The number of benzene rings is 2. The molecule has 0 fully saturated rings. The second-order valence-corrected chi connectivity index (χ2v) is 8.18. The second kappa shape index (κ2) is 5.78. The van der Waals surface area contributed by atoms with Crippen molar-refractivity contribution in [1.29, 1.82) is 0 Å². The van der Waals surface area contributed by atoms with E-state index in [1.54, 1.807) is 11.3 Å². The van der Waals surface area contributed by atoms with E-state index in [1.807, 2.05) is 4.90 Å². The van der Waals surface area contributed by atoms with Gasteiger partial charge in [0.05, 0.1) is 17.8 Å². The maximum atomic E-state index is 12.3. The summed E-state index contributed by atoms with van der Waals surface area (Å²) in [6.45, 7) is 5.12. The molecule has 2 aliphatic heterocycles. The molecular formula is C22H20N2OS. The van der Waals surface area contributed by atoms with E-state index in [-0.39, 0.29) is 5.91 Å². The Morgan fingerprint density at radius 1 is 1.12 bits per heavy atom. The first-order valence-electron chi connectivity index (χ1n) is 9.10. The topological polar surface area (TPSA) is 33.2 Å². The van der Waals surface area contributed by atoms with E-state index < -0.39 is 0 Å². The second-order valence-electron chi connectivity index (χ2n) is 7.33. The van der Waals surface area contributed by atoms with Crippen LogP contribution in [0.15, 0.2) is 35.7 Å². The highest BCUT2D eigenvalue weighted by Gasteiger charge is 2.32. The van der Waals surface area contributed by atoms with Crippen LogP contribution in [0.1, 0.15) is 28.7 Å². The third-order valence-electron chi connectivity index (χ3n) is 5.42. The summed E-state index contributed by atoms with van der Waals surface area (Å²) in [7, 11) is 0. The summed E-state index contributed by atoms with van der Waals surface area (Å²) in [5, 5.41) is 3.20. The number of anilines is 1. The SMILES string of the molecule is Cc1ccc(-c2nc(-c3cc4c5c(c3)CC(=O)N5CCC4)cs2)c(C)c1. The zero-order valence-electron chi connectivity index (χ0n) is 15.0. The molecule has 0 radical (unpaired) electrons. The molecule has 5 rings (SSSR count). The quantitative estimate of drug-likeness (QED) is 0.649. The van der Waals surface area contributed by atoms with E-state index in [0.29, 0.717) is 6.42 Å². The molecule has 2 aromatic carbocycles. The van der Waals surface area contributed by atoms with Crippen molar-refractivity contribution < 1.29 is 4.79 Å². The van der Waals surface area contributed by atoms with Gasteiger partial charge in [-0.1, -0.05) is 23.8 Å². The number of aromatic nitrogens is 1. The predicted octanol–water partition coefficient (Wildman–Crippen LogP) is 4.93. The molecule has 2 aliphatic rings. The predicted molar refractivity (Wildman–Crippen MR) is 107 cm³/mol. The molecule has 0 bridgehead atoms. The first kappa shape index (κ1) is 15.8. The Bertz CT molecular complexity index is 1050. The standard InChI is InChI=1S/C22H20N2OS/c1-13-5-6-18(14(2)8-13)22-23-19(12-26-22)16-9-15-4-3-7-24-20(25)11-17(10-16)21(15)24/h5-6,8-10,12H,3-4,7,11H2,1-2H3. The summed E-state index contributed by atoms with van der Waals surface area (Å²) < 4.78 is 0. The van der Waals surface area contributed by atoms with Crippen molar-refractivity contribution in [2.75, 3.05) is 11.4 Å². The first-order chi connectivity index (χ1) is 12.6. The number of carbonyl (C=O) groups excluding carboxylic acids is 1. The lowest BCUT2D eigenvalue weighted by Gasteiger charge is -2.25. The van der Waals surface area contributed by atoms with Crippen LogP contribution in [0.3, 0.4) is 0 Å². The Hall–Kier alpha value is -2.46. The van der Waals surface area contributed by atoms with Crippen LogP contribution >= 0.6 is 11.3 Å². The molecule has 3 aromatic rings. The molecule has 3 nitrogen and oxygen atoms in total. The van der Waals surface area contributed by atoms with Crippen molar-refractivity contribution in [3.63, 3.8) is 0 Å². The van der Waals surface area contributed by atoms with Crippen LogP contribution in [0.5, 0.6) is 0 Å². The summed E-state index contributed by atoms with van der Waals surface area (Å²) in [5.41, 5.74) is 9.54. The highest BCUT2D eigenvalue weighted by atomic mass is 32.1. The molecule has 0 atom stereocenters. The van der Waals surface area contributed by atoms with Gasteiger partial charge < -0.3 is 4.90 Å². The van der Waals surface area contributed by atoms with Gasteiger partial charge in [-0.15, -0.1) is 11.3 Å². The van der Waals surface area contributed by atoms with Crippen molar-refractivity contribution in [3.8, 4) is 21.8 Å². The monoisotopic (exact) mass is 360 g/mol. The number of nitrogens with zero attached hydrogens (tertiary/aromatic N) is 2. The molecular weight excluding hydrogens is 340 g/mol. The lowest BCUT2D eigenvalue weighted by molar-refractivity contribution is -0.117. The zero-order chi connectivity index (χ0) is 17.8. The fourth-order valence-electron chi connectivity index (χ4n) is 4.21. The van der Waals surface area contributed by atoms with E-state index >= 15 is 0 Å². The molecule has 26 heavy (non-hydrogen) atoms. The number of hydrogen-bond acceptors (Lipinski definition) is 3. The summed E-state index contributed by atoms with van der Waals surface area (Å²) in [6.07, 6.45) is 2.63. The van der Waals surface area contributed by atoms with Crippen molar-refractivity contribution in [2.24, 2.45) is 0 Å². The Balaban J connectivity index is 1.57. The Morgan fingerprint density at radius 2 is 1.96 bits per heavy atom. The fourth-order valence-corrected chi connectivity index (χ4v) is 5.13. The van der Waals surface area contributed by atoms with Gasteiger partial charge in [-0.3, -0.25) is 4.79 Å². The van der Waals surface area contributed by atoms with Gasteiger partial charge in [-0.2, -0.15) is 0 Å². The van der Waals surface area contributed by atoms with Crippen molar-refractivity contribution >= 4 is 22.9 Å². The van der Waals surface area contributed by atoms with Gasteiger partial charge >= 0.3 is 0 Å². The zero-order valence-corrected chi connectivity index (χ0v) is 15.8. The summed E-state index contributed by atoms with van der Waals surface area (Å²) in [4.78, 5) is 19.2. The van der Waals surface area contributed by atoms with Gasteiger partial charge in [0.25, 0.3) is 0 Å². The minimum Gasteiger partial charge on any atom is -0.312 e. The van der Waals surface area contributed by atoms with E-state index in [1.165, 1.54) is 33.5 Å². The fraction of sp³-hybridized carbons (Fsp3) is 0.273. The Kier molecular flexibility index (Phi) is 3.50. The number of hydrogen-bond donors (Lipinski definition) is 0. The molecule has 0 spiro atoms. The number of rotatable bonds is 2. The van der Waals surface area contributed by atoms with Gasteiger partial charge in [0.15, 0.2) is 0 Å². The van der Waals surface area contributed by atoms with E-state index in [0.717, 1.165) is 35.7 Å². The molecule has 4 heteroatoms. The molecule has 3 heterocycles. The summed E-state index contributed by atoms with van der Waals surface area (Å²) in [6, 6.07) is 10.9. The third kappa shape index (κ3) is 2.40. The Morgan fingerprint density at radius 3 is 2.81 bits per heavy atom. The molecule has 1 amide bonds. The van der Waals surface area contributed by atoms with Crippen LogP contribution < -0.4 is 4.90 Å². The molecule has 0 unspecified atom stereocenters. The highest BCUT2D eigenvalue weighted by Crippen LogP contribution is 2.40. The van der Waals surface area contributed by atoms with Crippen molar-refractivity contribution in [2.45, 2.75) is 33.1 Å². The largest absolute Gasteiger partial charge is 0.312 e. The maximum absolute atomic E-state index is 12.3. The van der Waals surface area contributed by atoms with Crippen LogP contribution in [0.4, 0.5) is 5.69 Å². The van der Waals surface area contributed by atoms with Gasteiger partial charge in [0, 0.05) is 23.1 Å². The van der Waals surface area contributed by atoms with Crippen LogP contribution in [0.2, 0.25) is 0 Å². The molecule has 0 N–H and O–H groups in total. The van der Waals surface area contributed by atoms with E-state index in [2.05, 4.69) is 49.6 Å². The number of carbonyl (C=O) groups is 1. The lowest BCUT2D eigenvalue weighted by Crippen LogP contribution is -2.31. The van der Waals surface area contributed by atoms with Crippen LogP contribution in [-0.4, -0.2) is 17.4 Å². The number of aryl methyl sites for hydroxylation is 3.